The summed E-state index contributed by atoms with van der Waals surface area (Å²) >= 11 is -0.556. The topological polar surface area (TPSA) is 30.5 Å². The molecule has 3 aliphatic rings. The molecule has 2 aliphatic carbocycles. The minimum absolute atomic E-state index is 0. The first-order valence-corrected chi connectivity index (χ1v) is 18.1. The Balaban J connectivity index is 0.000000645. The summed E-state index contributed by atoms with van der Waals surface area (Å²) in [7, 11) is 8.13. The third-order valence-corrected chi connectivity index (χ3v) is 11.7. The van der Waals surface area contributed by atoms with E-state index in [0.29, 0.717) is 23.3 Å². The van der Waals surface area contributed by atoms with Gasteiger partial charge in [0.25, 0.3) is 0 Å². The number of hydrogen-bond acceptors (Lipinski definition) is 2. The quantitative estimate of drug-likeness (QED) is 0.318. The Kier molecular flexibility index (Phi) is 9.14. The molecule has 1 aromatic carbocycles. The summed E-state index contributed by atoms with van der Waals surface area (Å²) in [5.41, 5.74) is 1.71. The van der Waals surface area contributed by atoms with Crippen LogP contribution in [0, 0.1) is 19.3 Å². The monoisotopic (exact) mass is 510 g/mol. The number of benzene rings is 1. The number of rotatable bonds is 3. The Morgan fingerprint density at radius 2 is 1.77 bits per heavy atom. The summed E-state index contributed by atoms with van der Waals surface area (Å²) in [6.07, 6.45) is 10.7. The van der Waals surface area contributed by atoms with Crippen molar-refractivity contribution in [1.82, 2.24) is 4.57 Å². The van der Waals surface area contributed by atoms with E-state index in [1.807, 2.05) is 0 Å². The predicted octanol–water partition coefficient (Wildman–Crippen LogP) is 7.37. The van der Waals surface area contributed by atoms with E-state index in [9.17, 15) is 0 Å². The first-order valence-electron chi connectivity index (χ1n) is 10.7. The van der Waals surface area contributed by atoms with Crippen LogP contribution in [0.25, 0.3) is 16.3 Å². The van der Waals surface area contributed by atoms with Crippen molar-refractivity contribution in [1.29, 1.82) is 0 Å². The zero-order chi connectivity index (χ0) is 21.1. The van der Waals surface area contributed by atoms with Crippen molar-refractivity contribution in [2.24, 2.45) is 11.8 Å². The molecule has 0 spiro atoms. The summed E-state index contributed by atoms with van der Waals surface area (Å²) in [6, 6.07) is 10.8. The number of piperazine rings is 1. The second kappa shape index (κ2) is 11.2. The molecule has 4 unspecified atom stereocenters. The first-order chi connectivity index (χ1) is 14.6. The number of furan rings is 1. The van der Waals surface area contributed by atoms with Gasteiger partial charge in [0.15, 0.2) is 0 Å². The average molecular weight is 511 g/mol. The van der Waals surface area contributed by atoms with E-state index in [-0.39, 0.29) is 7.43 Å². The van der Waals surface area contributed by atoms with Crippen molar-refractivity contribution in [3.8, 4) is 0 Å². The molecule has 4 atom stereocenters. The molecular formula is C24H32Cl2N2OSiTi-2. The van der Waals surface area contributed by atoms with Crippen LogP contribution < -0.4 is 0 Å². The molecule has 5 rings (SSSR count). The summed E-state index contributed by atoms with van der Waals surface area (Å²) in [4.78, 5) is 0. The Labute approximate surface area is 205 Å². The molecular weight excluding hydrogens is 479 g/mol. The van der Waals surface area contributed by atoms with Gasteiger partial charge >= 0.3 is 35.6 Å². The van der Waals surface area contributed by atoms with E-state index < -0.39 is 25.3 Å². The van der Waals surface area contributed by atoms with E-state index in [1.165, 1.54) is 17.6 Å². The van der Waals surface area contributed by atoms with Crippen molar-refractivity contribution in [2.45, 2.75) is 31.0 Å². The van der Waals surface area contributed by atoms with E-state index in [2.05, 4.69) is 77.6 Å². The molecule has 3 nitrogen and oxygen atoms in total. The summed E-state index contributed by atoms with van der Waals surface area (Å²) < 4.78 is 9.22. The third kappa shape index (κ3) is 5.27. The molecule has 2 heterocycles. The normalized spacial score (nSPS) is 27.9. The van der Waals surface area contributed by atoms with E-state index in [1.54, 1.807) is 0 Å². The van der Waals surface area contributed by atoms with Gasteiger partial charge in [-0.2, -0.15) is 0 Å². The fourth-order valence-electron chi connectivity index (χ4n) is 5.84. The number of halogens is 2. The van der Waals surface area contributed by atoms with Crippen molar-refractivity contribution in [3.05, 3.63) is 73.1 Å². The molecule has 0 amide bonds. The van der Waals surface area contributed by atoms with Gasteiger partial charge in [-0.3, -0.25) is 0 Å². The molecule has 2 aromatic rings. The second-order valence-corrected chi connectivity index (χ2v) is 16.1. The Bertz CT molecular complexity index is 877. The predicted molar refractivity (Wildman–Crippen MR) is 133 cm³/mol. The van der Waals surface area contributed by atoms with Crippen molar-refractivity contribution in [2.75, 3.05) is 26.2 Å². The number of fused-ring (bicyclic) bond motifs is 2. The number of hydrogen-bond donors (Lipinski definition) is 0. The molecule has 0 bridgehead atoms. The maximum absolute atomic E-state index is 6.41. The molecule has 168 valence electrons. The van der Waals surface area contributed by atoms with Crippen molar-refractivity contribution >= 4 is 37.8 Å². The van der Waals surface area contributed by atoms with Crippen LogP contribution in [0.15, 0.2) is 59.1 Å². The molecule has 1 saturated carbocycles. The van der Waals surface area contributed by atoms with Crippen LogP contribution in [0.2, 0.25) is 18.6 Å². The van der Waals surface area contributed by atoms with Gasteiger partial charge in [-0.25, -0.2) is 0 Å². The molecule has 2 fully saturated rings. The Morgan fingerprint density at radius 3 is 2.48 bits per heavy atom. The Morgan fingerprint density at radius 1 is 1.10 bits per heavy atom. The molecule has 1 aliphatic heterocycles. The van der Waals surface area contributed by atoms with Gasteiger partial charge < -0.3 is 21.7 Å². The Hall–Kier alpha value is -0.329. The average Bonchev–Trinajstić information content (AvgIpc) is 3.36. The van der Waals surface area contributed by atoms with Crippen LogP contribution in [0.5, 0.6) is 0 Å². The zero-order valence-electron chi connectivity index (χ0n) is 18.6. The van der Waals surface area contributed by atoms with Crippen molar-refractivity contribution in [3.63, 3.8) is 0 Å². The van der Waals surface area contributed by atoms with Crippen LogP contribution in [0.1, 0.15) is 18.1 Å². The molecule has 1 saturated heterocycles. The van der Waals surface area contributed by atoms with Gasteiger partial charge in [-0.15, -0.1) is 13.1 Å². The van der Waals surface area contributed by atoms with Crippen LogP contribution in [0.3, 0.4) is 0 Å². The van der Waals surface area contributed by atoms with E-state index >= 15 is 0 Å². The van der Waals surface area contributed by atoms with Gasteiger partial charge in [0.05, 0.1) is 0 Å². The molecule has 0 N–H and O–H groups in total. The number of nitrogens with zero attached hydrogens (tertiary/aromatic N) is 2. The summed E-state index contributed by atoms with van der Waals surface area (Å²) in [5.74, 6) is 3.02. The molecule has 7 heteroatoms. The minimum atomic E-state index is -1.64. The van der Waals surface area contributed by atoms with E-state index in [0.717, 1.165) is 31.8 Å². The van der Waals surface area contributed by atoms with Crippen LogP contribution in [0.4, 0.5) is 0 Å². The van der Waals surface area contributed by atoms with Crippen LogP contribution in [-0.4, -0.2) is 39.0 Å². The fraction of sp³-hybridized carbons (Fsp3) is 0.458. The van der Waals surface area contributed by atoms with Crippen molar-refractivity contribution < 1.29 is 21.4 Å². The van der Waals surface area contributed by atoms with Crippen LogP contribution >= 0.6 is 18.6 Å². The molecule has 1 aromatic heterocycles. The van der Waals surface area contributed by atoms with E-state index in [4.69, 9.17) is 23.0 Å². The second-order valence-electron chi connectivity index (χ2n) is 8.95. The molecule has 31 heavy (non-hydrogen) atoms. The summed E-state index contributed by atoms with van der Waals surface area (Å²) in [6.45, 7) is 9.46. The first kappa shape index (κ1) is 25.3. The third-order valence-electron chi connectivity index (χ3n) is 7.17. The van der Waals surface area contributed by atoms with Crippen LogP contribution in [-0.2, 0) is 17.0 Å². The van der Waals surface area contributed by atoms with Gasteiger partial charge in [0.1, 0.15) is 19.6 Å². The van der Waals surface area contributed by atoms with Gasteiger partial charge in [-0.1, -0.05) is 55.6 Å². The van der Waals surface area contributed by atoms with Gasteiger partial charge in [0, 0.05) is 11.3 Å². The fourth-order valence-corrected chi connectivity index (χ4v) is 10.2. The SMILES string of the molecule is C[Si](C)(C1C(c2cc3ccccc3o2)CC2C=CC=CC21)N1CC[N-]CC1.[CH3-].[Cl][Ti][Cl]. The van der Waals surface area contributed by atoms with Gasteiger partial charge in [0.2, 0.25) is 0 Å². The number of allylic oxidation sites excluding steroid dienone is 4. The number of para-hydroxylation sites is 1. The standard InChI is InChI=1S/C23H29N2OSi.CH3.2ClH.Ti/c1-27(2,25-13-11-24-12-14-25)23-19-9-5-3-7-17(19)15-20(23)22-16-18-8-4-6-10-21(18)26-22;;;;/h3-10,16-17,19-20,23H,11-15H2,1-2H3;1H3;2*1H;/q2*-1;;;+2/p-2. The van der Waals surface area contributed by atoms with Gasteiger partial charge in [-0.05, 0) is 49.0 Å². The molecule has 0 radical (unpaired) electrons. The summed E-state index contributed by atoms with van der Waals surface area (Å²) in [5, 5.41) is 5.83. The maximum atomic E-state index is 6.41. The zero-order valence-corrected chi connectivity index (χ0v) is 22.7.